The predicted octanol–water partition coefficient (Wildman–Crippen LogP) is 3.41. The number of hydrogen-bond donors (Lipinski definition) is 1. The molecule has 25 heavy (non-hydrogen) atoms. The van der Waals surface area contributed by atoms with E-state index in [2.05, 4.69) is 41.0 Å². The summed E-state index contributed by atoms with van der Waals surface area (Å²) >= 11 is 0. The first-order chi connectivity index (χ1) is 12.3. The van der Waals surface area contributed by atoms with E-state index in [4.69, 9.17) is 5.11 Å². The standard InChI is InChI=1S/C22H34N2O/c1-17-6-8-18(9-7-17)20-16-24(12-4-2-3-5-15-25)21-19-10-13-23(14-11-19)22(20)21/h6-9,19-22,25H,2-5,10-16H2,1H3/t20-,21+,22+/m0/s1. The van der Waals surface area contributed by atoms with Crippen LogP contribution in [0.3, 0.4) is 0 Å². The van der Waals surface area contributed by atoms with E-state index in [0.29, 0.717) is 12.5 Å². The molecule has 3 heteroatoms. The van der Waals surface area contributed by atoms with Crippen molar-refractivity contribution in [3.8, 4) is 0 Å². The summed E-state index contributed by atoms with van der Waals surface area (Å²) < 4.78 is 0. The van der Waals surface area contributed by atoms with E-state index in [1.54, 1.807) is 5.56 Å². The van der Waals surface area contributed by atoms with Crippen molar-refractivity contribution in [2.45, 2.75) is 63.5 Å². The number of benzene rings is 1. The fourth-order valence-electron chi connectivity index (χ4n) is 5.68. The molecule has 3 atom stereocenters. The molecule has 1 aromatic rings. The first kappa shape index (κ1) is 17.5. The molecule has 0 amide bonds. The number of unbranched alkanes of at least 4 members (excludes halogenated alkanes) is 3. The van der Waals surface area contributed by atoms with Gasteiger partial charge in [0.1, 0.15) is 0 Å². The summed E-state index contributed by atoms with van der Waals surface area (Å²) in [7, 11) is 0. The van der Waals surface area contributed by atoms with Crippen LogP contribution in [-0.4, -0.2) is 59.8 Å². The topological polar surface area (TPSA) is 26.7 Å². The molecule has 0 radical (unpaired) electrons. The molecule has 4 fully saturated rings. The minimum Gasteiger partial charge on any atom is -0.396 e. The molecule has 4 saturated heterocycles. The Morgan fingerprint density at radius 2 is 1.68 bits per heavy atom. The van der Waals surface area contributed by atoms with Crippen LogP contribution in [0.4, 0.5) is 0 Å². The SMILES string of the molecule is Cc1ccc([C@@H]2CN(CCCCCCO)[C@@H]3C4CCN(CC4)[C@@H]32)cc1. The number of piperidine rings is 3. The summed E-state index contributed by atoms with van der Waals surface area (Å²) in [6, 6.07) is 10.9. The molecule has 0 spiro atoms. The summed E-state index contributed by atoms with van der Waals surface area (Å²) in [6.07, 6.45) is 7.50. The molecule has 4 heterocycles. The van der Waals surface area contributed by atoms with Crippen LogP contribution >= 0.6 is 0 Å². The highest BCUT2D eigenvalue weighted by atomic mass is 16.2. The van der Waals surface area contributed by atoms with Crippen LogP contribution in [0.25, 0.3) is 0 Å². The number of fused-ring (bicyclic) bond motifs is 2. The Balaban J connectivity index is 1.48. The van der Waals surface area contributed by atoms with Gasteiger partial charge in [0.25, 0.3) is 0 Å². The molecule has 138 valence electrons. The van der Waals surface area contributed by atoms with Gasteiger partial charge in [0.2, 0.25) is 0 Å². The van der Waals surface area contributed by atoms with Gasteiger partial charge in [-0.3, -0.25) is 9.80 Å². The van der Waals surface area contributed by atoms with Crippen LogP contribution in [-0.2, 0) is 0 Å². The second-order valence-electron chi connectivity index (χ2n) is 8.50. The fourth-order valence-corrected chi connectivity index (χ4v) is 5.68. The summed E-state index contributed by atoms with van der Waals surface area (Å²) in [5.74, 6) is 1.61. The molecule has 0 aliphatic carbocycles. The number of aryl methyl sites for hydroxylation is 1. The first-order valence-corrected chi connectivity index (χ1v) is 10.4. The maximum atomic E-state index is 8.97. The second-order valence-corrected chi connectivity index (χ2v) is 8.50. The van der Waals surface area contributed by atoms with Gasteiger partial charge in [0.15, 0.2) is 0 Å². The molecule has 2 bridgehead atoms. The van der Waals surface area contributed by atoms with Crippen LogP contribution in [0.5, 0.6) is 0 Å². The Kier molecular flexibility index (Phi) is 5.44. The first-order valence-electron chi connectivity index (χ1n) is 10.4. The van der Waals surface area contributed by atoms with Gasteiger partial charge in [-0.15, -0.1) is 0 Å². The van der Waals surface area contributed by atoms with E-state index >= 15 is 0 Å². The van der Waals surface area contributed by atoms with Crippen molar-refractivity contribution in [2.24, 2.45) is 5.92 Å². The lowest BCUT2D eigenvalue weighted by atomic mass is 9.75. The Morgan fingerprint density at radius 3 is 2.40 bits per heavy atom. The fraction of sp³-hybridized carbons (Fsp3) is 0.727. The summed E-state index contributed by atoms with van der Waals surface area (Å²) in [5.41, 5.74) is 2.92. The van der Waals surface area contributed by atoms with Crippen molar-refractivity contribution in [1.82, 2.24) is 9.80 Å². The number of hydrogen-bond acceptors (Lipinski definition) is 3. The summed E-state index contributed by atoms with van der Waals surface area (Å²) in [5, 5.41) is 8.97. The minimum absolute atomic E-state index is 0.348. The molecule has 1 N–H and O–H groups in total. The number of aliphatic hydroxyl groups excluding tert-OH is 1. The highest BCUT2D eigenvalue weighted by molar-refractivity contribution is 5.29. The molecular weight excluding hydrogens is 308 g/mol. The van der Waals surface area contributed by atoms with E-state index in [1.807, 2.05) is 0 Å². The average Bonchev–Trinajstić information content (AvgIpc) is 3.05. The van der Waals surface area contributed by atoms with Crippen molar-refractivity contribution in [2.75, 3.05) is 32.8 Å². The minimum atomic E-state index is 0.348. The van der Waals surface area contributed by atoms with Crippen molar-refractivity contribution in [1.29, 1.82) is 0 Å². The van der Waals surface area contributed by atoms with Crippen LogP contribution in [0.1, 0.15) is 55.6 Å². The van der Waals surface area contributed by atoms with E-state index in [9.17, 15) is 0 Å². The van der Waals surface area contributed by atoms with E-state index in [0.717, 1.165) is 24.4 Å². The molecule has 0 unspecified atom stereocenters. The molecule has 0 aromatic heterocycles. The Morgan fingerprint density at radius 1 is 0.960 bits per heavy atom. The Bertz CT molecular complexity index is 550. The maximum absolute atomic E-state index is 8.97. The Labute approximate surface area is 153 Å². The Hall–Kier alpha value is -0.900. The van der Waals surface area contributed by atoms with Gasteiger partial charge in [-0.1, -0.05) is 42.7 Å². The monoisotopic (exact) mass is 342 g/mol. The molecule has 0 saturated carbocycles. The predicted molar refractivity (Wildman–Crippen MR) is 103 cm³/mol. The summed E-state index contributed by atoms with van der Waals surface area (Å²) in [6.45, 7) is 7.66. The third kappa shape index (κ3) is 3.51. The van der Waals surface area contributed by atoms with Gasteiger partial charge in [-0.2, -0.15) is 0 Å². The smallest absolute Gasteiger partial charge is 0.0431 e. The lowest BCUT2D eigenvalue weighted by Gasteiger charge is -2.51. The van der Waals surface area contributed by atoms with Crippen molar-refractivity contribution in [3.05, 3.63) is 35.4 Å². The van der Waals surface area contributed by atoms with E-state index < -0.39 is 0 Å². The summed E-state index contributed by atoms with van der Waals surface area (Å²) in [4.78, 5) is 5.64. The maximum Gasteiger partial charge on any atom is 0.0431 e. The average molecular weight is 343 g/mol. The highest BCUT2D eigenvalue weighted by Gasteiger charge is 2.52. The zero-order valence-corrected chi connectivity index (χ0v) is 15.7. The molecule has 3 nitrogen and oxygen atoms in total. The third-order valence-corrected chi connectivity index (χ3v) is 6.95. The van der Waals surface area contributed by atoms with Crippen LogP contribution in [0, 0.1) is 12.8 Å². The van der Waals surface area contributed by atoms with Crippen LogP contribution in [0.2, 0.25) is 0 Å². The normalized spacial score (nSPS) is 34.4. The molecule has 1 aromatic carbocycles. The van der Waals surface area contributed by atoms with Crippen LogP contribution in [0.15, 0.2) is 24.3 Å². The van der Waals surface area contributed by atoms with Gasteiger partial charge in [0.05, 0.1) is 0 Å². The number of aliphatic hydroxyl groups is 1. The van der Waals surface area contributed by atoms with Crippen molar-refractivity contribution in [3.63, 3.8) is 0 Å². The van der Waals surface area contributed by atoms with Gasteiger partial charge in [-0.25, -0.2) is 0 Å². The van der Waals surface area contributed by atoms with Gasteiger partial charge in [0, 0.05) is 31.2 Å². The van der Waals surface area contributed by atoms with Gasteiger partial charge < -0.3 is 5.11 Å². The zero-order valence-electron chi connectivity index (χ0n) is 15.7. The van der Waals surface area contributed by atoms with E-state index in [-0.39, 0.29) is 0 Å². The lowest BCUT2D eigenvalue weighted by molar-refractivity contribution is -0.00684. The number of rotatable bonds is 7. The number of likely N-dealkylation sites (tertiary alicyclic amines) is 1. The molecular formula is C22H34N2O. The van der Waals surface area contributed by atoms with Gasteiger partial charge >= 0.3 is 0 Å². The zero-order chi connectivity index (χ0) is 17.2. The van der Waals surface area contributed by atoms with Crippen molar-refractivity contribution < 1.29 is 5.11 Å². The quantitative estimate of drug-likeness (QED) is 0.769. The number of nitrogens with zero attached hydrogens (tertiary/aromatic N) is 2. The van der Waals surface area contributed by atoms with Gasteiger partial charge in [-0.05, 0) is 63.7 Å². The molecule has 5 rings (SSSR count). The highest BCUT2D eigenvalue weighted by Crippen LogP contribution is 2.46. The third-order valence-electron chi connectivity index (χ3n) is 6.95. The lowest BCUT2D eigenvalue weighted by Crippen LogP contribution is -2.60. The van der Waals surface area contributed by atoms with Crippen LogP contribution < -0.4 is 0 Å². The van der Waals surface area contributed by atoms with Crippen molar-refractivity contribution >= 4 is 0 Å². The largest absolute Gasteiger partial charge is 0.396 e. The second kappa shape index (κ2) is 7.77. The van der Waals surface area contributed by atoms with E-state index in [1.165, 1.54) is 63.8 Å². The molecule has 4 aliphatic heterocycles. The molecule has 4 aliphatic rings.